The minimum atomic E-state index is -0.616. The topological polar surface area (TPSA) is 122 Å². The number of imide groups is 1. The third-order valence-electron chi connectivity index (χ3n) is 11.4. The monoisotopic (exact) mass is 705 g/mol. The SMILES string of the molecule is O=C1CCC(N2Cc3cc(N4CCC(CN5CCCN(c6cccc(-c7cnc8[nH]cc(C9CC9)c8c7Cl)c6)C5=O)CC4)ccc3C2=O)C(=O)N1. The summed E-state index contributed by atoms with van der Waals surface area (Å²) >= 11 is 7.03. The second-order valence-corrected chi connectivity index (χ2v) is 15.1. The number of halogens is 1. The molecule has 1 saturated carbocycles. The van der Waals surface area contributed by atoms with Crippen LogP contribution in [-0.4, -0.2) is 82.3 Å². The number of hydrogen-bond donors (Lipinski definition) is 2. The molecule has 4 aliphatic heterocycles. The molecule has 11 nitrogen and oxygen atoms in total. The quantitative estimate of drug-likeness (QED) is 0.225. The Kier molecular flexibility index (Phi) is 7.98. The lowest BCUT2D eigenvalue weighted by atomic mass is 9.95. The van der Waals surface area contributed by atoms with Gasteiger partial charge in [0, 0.05) is 86.0 Å². The number of aromatic amines is 1. The van der Waals surface area contributed by atoms with Crippen molar-refractivity contribution in [3.05, 3.63) is 76.6 Å². The third kappa shape index (κ3) is 5.81. The van der Waals surface area contributed by atoms with Crippen molar-refractivity contribution in [2.24, 2.45) is 5.92 Å². The third-order valence-corrected chi connectivity index (χ3v) is 11.8. The zero-order chi connectivity index (χ0) is 34.8. The highest BCUT2D eigenvalue weighted by Crippen LogP contribution is 2.46. The number of carbonyl (C=O) groups is 4. The summed E-state index contributed by atoms with van der Waals surface area (Å²) in [4.78, 5) is 67.0. The molecule has 2 aromatic carbocycles. The van der Waals surface area contributed by atoms with Crippen molar-refractivity contribution in [1.29, 1.82) is 0 Å². The summed E-state index contributed by atoms with van der Waals surface area (Å²) in [5.74, 6) is 0.113. The molecule has 0 radical (unpaired) electrons. The first-order chi connectivity index (χ1) is 24.8. The largest absolute Gasteiger partial charge is 0.372 e. The number of benzene rings is 2. The normalized spacial score (nSPS) is 21.5. The van der Waals surface area contributed by atoms with Gasteiger partial charge in [-0.3, -0.25) is 24.6 Å². The number of aromatic nitrogens is 2. The van der Waals surface area contributed by atoms with E-state index in [1.165, 1.54) is 18.4 Å². The number of nitrogens with one attached hydrogen (secondary N) is 2. The number of hydrogen-bond acceptors (Lipinski definition) is 6. The highest BCUT2D eigenvalue weighted by atomic mass is 35.5. The van der Waals surface area contributed by atoms with Crippen LogP contribution in [0.5, 0.6) is 0 Å². The van der Waals surface area contributed by atoms with Gasteiger partial charge in [-0.2, -0.15) is 0 Å². The predicted octanol–water partition coefficient (Wildman–Crippen LogP) is 6.07. The van der Waals surface area contributed by atoms with Crippen molar-refractivity contribution in [2.45, 2.75) is 63.5 Å². The van der Waals surface area contributed by atoms with Gasteiger partial charge in [0.15, 0.2) is 0 Å². The van der Waals surface area contributed by atoms with E-state index in [9.17, 15) is 19.2 Å². The van der Waals surface area contributed by atoms with Crippen LogP contribution in [0.25, 0.3) is 22.2 Å². The highest BCUT2D eigenvalue weighted by molar-refractivity contribution is 6.38. The molecular formula is C39H40ClN7O4. The molecule has 1 unspecified atom stereocenters. The zero-order valence-electron chi connectivity index (χ0n) is 28.4. The lowest BCUT2D eigenvalue weighted by Crippen LogP contribution is -2.52. The number of amides is 5. The molecule has 0 bridgehead atoms. The van der Waals surface area contributed by atoms with Gasteiger partial charge in [-0.25, -0.2) is 9.78 Å². The van der Waals surface area contributed by atoms with Gasteiger partial charge in [-0.05, 0) is 97.4 Å². The van der Waals surface area contributed by atoms with Gasteiger partial charge in [0.1, 0.15) is 11.7 Å². The Morgan fingerprint density at radius 1 is 0.882 bits per heavy atom. The molecule has 51 heavy (non-hydrogen) atoms. The maximum absolute atomic E-state index is 13.9. The van der Waals surface area contributed by atoms with E-state index in [0.717, 1.165) is 84.5 Å². The molecule has 9 rings (SSSR count). The van der Waals surface area contributed by atoms with Crippen LogP contribution in [0, 0.1) is 5.92 Å². The minimum absolute atomic E-state index is 0.0472. The number of pyridine rings is 1. The number of fused-ring (bicyclic) bond motifs is 2. The fourth-order valence-electron chi connectivity index (χ4n) is 8.47. The molecule has 0 spiro atoms. The van der Waals surface area contributed by atoms with Crippen LogP contribution < -0.4 is 15.1 Å². The maximum Gasteiger partial charge on any atom is 0.324 e. The molecule has 3 saturated heterocycles. The molecule has 4 aromatic rings. The fourth-order valence-corrected chi connectivity index (χ4v) is 8.83. The molecule has 1 atom stereocenters. The van der Waals surface area contributed by atoms with Crippen molar-refractivity contribution in [3.8, 4) is 11.1 Å². The summed E-state index contributed by atoms with van der Waals surface area (Å²) in [5, 5.41) is 4.09. The zero-order valence-corrected chi connectivity index (χ0v) is 29.1. The highest BCUT2D eigenvalue weighted by Gasteiger charge is 2.39. The number of anilines is 2. The number of carbonyl (C=O) groups excluding carboxylic acids is 4. The number of urea groups is 1. The Balaban J connectivity index is 0.838. The first-order valence-electron chi connectivity index (χ1n) is 18.2. The number of rotatable bonds is 7. The van der Waals surface area contributed by atoms with E-state index in [2.05, 4.69) is 32.3 Å². The van der Waals surface area contributed by atoms with E-state index >= 15 is 0 Å². The van der Waals surface area contributed by atoms with Crippen molar-refractivity contribution < 1.29 is 19.2 Å². The van der Waals surface area contributed by atoms with Crippen LogP contribution in [0.4, 0.5) is 16.2 Å². The number of piperidine rings is 2. The lowest BCUT2D eigenvalue weighted by molar-refractivity contribution is -0.136. The van der Waals surface area contributed by atoms with Crippen LogP contribution in [0.3, 0.4) is 0 Å². The van der Waals surface area contributed by atoms with Crippen molar-refractivity contribution in [3.63, 3.8) is 0 Å². The summed E-state index contributed by atoms with van der Waals surface area (Å²) in [5.41, 5.74) is 7.37. The van der Waals surface area contributed by atoms with E-state index in [1.54, 1.807) is 4.90 Å². The Morgan fingerprint density at radius 3 is 2.53 bits per heavy atom. The van der Waals surface area contributed by atoms with E-state index in [1.807, 2.05) is 52.5 Å². The van der Waals surface area contributed by atoms with Gasteiger partial charge in [-0.15, -0.1) is 0 Å². The smallest absolute Gasteiger partial charge is 0.324 e. The Bertz CT molecular complexity index is 2080. The van der Waals surface area contributed by atoms with Gasteiger partial charge < -0.3 is 19.7 Å². The Hall–Kier alpha value is -4.90. The number of nitrogens with zero attached hydrogens (tertiary/aromatic N) is 5. The maximum atomic E-state index is 13.9. The van der Waals surface area contributed by atoms with Gasteiger partial charge in [-0.1, -0.05) is 23.7 Å². The fraction of sp³-hybridized carbons (Fsp3) is 0.410. The van der Waals surface area contributed by atoms with Crippen LogP contribution in [-0.2, 0) is 16.1 Å². The molecule has 4 fully saturated rings. The van der Waals surface area contributed by atoms with E-state index in [0.29, 0.717) is 41.9 Å². The summed E-state index contributed by atoms with van der Waals surface area (Å²) in [6.45, 7) is 4.26. The van der Waals surface area contributed by atoms with Crippen molar-refractivity contribution in [1.82, 2.24) is 25.1 Å². The van der Waals surface area contributed by atoms with Gasteiger partial charge in [0.2, 0.25) is 11.8 Å². The lowest BCUT2D eigenvalue weighted by Gasteiger charge is -2.40. The molecule has 12 heteroatoms. The molecule has 6 heterocycles. The first kappa shape index (κ1) is 32.0. The van der Waals surface area contributed by atoms with Crippen LogP contribution in [0.15, 0.2) is 54.9 Å². The summed E-state index contributed by atoms with van der Waals surface area (Å²) < 4.78 is 0. The first-order valence-corrected chi connectivity index (χ1v) is 18.5. The summed E-state index contributed by atoms with van der Waals surface area (Å²) in [6.07, 6.45) is 9.67. The van der Waals surface area contributed by atoms with Gasteiger partial charge >= 0.3 is 6.03 Å². The van der Waals surface area contributed by atoms with Crippen LogP contribution in [0.1, 0.15) is 72.3 Å². The number of H-pyrrole nitrogens is 1. The molecule has 5 aliphatic rings. The molecule has 262 valence electrons. The van der Waals surface area contributed by atoms with Gasteiger partial charge in [0.05, 0.1) is 5.02 Å². The molecule has 5 amide bonds. The van der Waals surface area contributed by atoms with E-state index in [-0.39, 0.29) is 24.3 Å². The van der Waals surface area contributed by atoms with Gasteiger partial charge in [0.25, 0.3) is 5.91 Å². The Labute approximate surface area is 300 Å². The second-order valence-electron chi connectivity index (χ2n) is 14.7. The molecule has 1 aliphatic carbocycles. The van der Waals surface area contributed by atoms with Crippen molar-refractivity contribution in [2.75, 3.05) is 42.5 Å². The molecule has 2 aromatic heterocycles. The standard InChI is InChI=1S/C39H40ClN7O4/c40-35-31(20-42-36-34(35)30(19-41-36)24-5-6-24)25-3-1-4-28(17-25)46-14-2-13-45(39(46)51)21-23-11-15-44(16-12-23)27-7-8-29-26(18-27)22-47(38(29)50)32-9-10-33(48)43-37(32)49/h1,3-4,7-8,17-20,23-24,32H,2,5-6,9-16,21-22H2,(H,41,42)(H,43,48,49). The average molecular weight is 706 g/mol. The summed E-state index contributed by atoms with van der Waals surface area (Å²) in [6, 6.07) is 13.5. The van der Waals surface area contributed by atoms with Crippen LogP contribution in [0.2, 0.25) is 5.02 Å². The Morgan fingerprint density at radius 2 is 1.73 bits per heavy atom. The van der Waals surface area contributed by atoms with E-state index < -0.39 is 11.9 Å². The second kappa shape index (κ2) is 12.7. The molecule has 2 N–H and O–H groups in total. The minimum Gasteiger partial charge on any atom is -0.372 e. The van der Waals surface area contributed by atoms with Crippen molar-refractivity contribution >= 4 is 57.8 Å². The summed E-state index contributed by atoms with van der Waals surface area (Å²) in [7, 11) is 0. The van der Waals surface area contributed by atoms with E-state index in [4.69, 9.17) is 11.6 Å². The van der Waals surface area contributed by atoms with Crippen LogP contribution >= 0.6 is 11.6 Å². The average Bonchev–Trinajstić information content (AvgIpc) is 3.81. The predicted molar refractivity (Wildman–Crippen MR) is 195 cm³/mol. The molecular weight excluding hydrogens is 666 g/mol.